The average Bonchev–Trinajstić information content (AvgIpc) is 3.00. The number of carbonyl (C=O) groups excluding carboxylic acids is 2. The number of thioether (sulfide) groups is 1. The molecule has 0 radical (unpaired) electrons. The Morgan fingerprint density at radius 3 is 2.82 bits per heavy atom. The molecule has 1 fully saturated rings. The summed E-state index contributed by atoms with van der Waals surface area (Å²) in [6.07, 6.45) is 1.39. The van der Waals surface area contributed by atoms with Crippen LogP contribution in [0.1, 0.15) is 38.4 Å². The van der Waals surface area contributed by atoms with Gasteiger partial charge in [0, 0.05) is 10.8 Å². The minimum absolute atomic E-state index is 0.00368. The molecule has 0 aromatic carbocycles. The second kappa shape index (κ2) is 6.83. The first-order chi connectivity index (χ1) is 10.3. The highest BCUT2D eigenvalue weighted by Gasteiger charge is 2.28. The number of amides is 1. The molecule has 2 rings (SSSR count). The van der Waals surface area contributed by atoms with E-state index in [9.17, 15) is 9.59 Å². The van der Waals surface area contributed by atoms with Crippen molar-refractivity contribution in [2.24, 2.45) is 0 Å². The Labute approximate surface area is 138 Å². The van der Waals surface area contributed by atoms with Crippen LogP contribution in [0.4, 0.5) is 0 Å². The molecule has 0 spiro atoms. The van der Waals surface area contributed by atoms with Gasteiger partial charge < -0.3 is 4.74 Å². The van der Waals surface area contributed by atoms with Gasteiger partial charge in [-0.25, -0.2) is 9.78 Å². The molecule has 0 atom stereocenters. The third kappa shape index (κ3) is 4.10. The molecule has 0 saturated carbocycles. The molecular weight excluding hydrogens is 320 g/mol. The van der Waals surface area contributed by atoms with E-state index in [4.69, 9.17) is 4.74 Å². The number of hydrogen-bond donors (Lipinski definition) is 0. The summed E-state index contributed by atoms with van der Waals surface area (Å²) >= 11 is 2.95. The Hall–Kier alpha value is -1.34. The van der Waals surface area contributed by atoms with Crippen LogP contribution in [0.15, 0.2) is 16.5 Å². The first-order valence-electron chi connectivity index (χ1n) is 7.07. The van der Waals surface area contributed by atoms with Crippen LogP contribution in [0.5, 0.6) is 0 Å². The Kier molecular flexibility index (Phi) is 5.28. The zero-order chi connectivity index (χ0) is 16.3. The van der Waals surface area contributed by atoms with E-state index in [0.29, 0.717) is 23.9 Å². The van der Waals surface area contributed by atoms with E-state index < -0.39 is 5.97 Å². The Morgan fingerprint density at radius 2 is 2.23 bits per heavy atom. The fraction of sp³-hybridized carbons (Fsp3) is 0.533. The van der Waals surface area contributed by atoms with Gasteiger partial charge in [0.15, 0.2) is 0 Å². The minimum Gasteiger partial charge on any atom is -0.463 e. The van der Waals surface area contributed by atoms with E-state index in [-0.39, 0.29) is 11.3 Å². The zero-order valence-corrected chi connectivity index (χ0v) is 14.8. The number of nitrogens with zero attached hydrogens (tertiary/aromatic N) is 2. The summed E-state index contributed by atoms with van der Waals surface area (Å²) in [7, 11) is 0. The number of rotatable bonds is 4. The number of thiazole rings is 1. The molecule has 0 aliphatic carbocycles. The van der Waals surface area contributed by atoms with Crippen molar-refractivity contribution in [3.8, 4) is 0 Å². The number of esters is 1. The molecule has 2 heterocycles. The van der Waals surface area contributed by atoms with Crippen molar-refractivity contribution in [1.29, 1.82) is 0 Å². The third-order valence-electron chi connectivity index (χ3n) is 2.95. The molecule has 1 aliphatic heterocycles. The molecule has 1 saturated heterocycles. The van der Waals surface area contributed by atoms with Gasteiger partial charge in [0.1, 0.15) is 0 Å². The second-order valence-electron chi connectivity index (χ2n) is 5.90. The predicted molar refractivity (Wildman–Crippen MR) is 88.5 cm³/mol. The van der Waals surface area contributed by atoms with Crippen molar-refractivity contribution in [2.45, 2.75) is 39.7 Å². The lowest BCUT2D eigenvalue weighted by Crippen LogP contribution is -2.25. The first kappa shape index (κ1) is 17.0. The Balaban J connectivity index is 2.14. The van der Waals surface area contributed by atoms with Crippen LogP contribution in [-0.4, -0.2) is 34.1 Å². The Morgan fingerprint density at radius 1 is 1.50 bits per heavy atom. The van der Waals surface area contributed by atoms with E-state index in [1.807, 2.05) is 5.38 Å². The van der Waals surface area contributed by atoms with E-state index in [1.54, 1.807) is 23.2 Å². The van der Waals surface area contributed by atoms with Crippen molar-refractivity contribution in [1.82, 2.24) is 9.88 Å². The van der Waals surface area contributed by atoms with Gasteiger partial charge >= 0.3 is 5.97 Å². The fourth-order valence-corrected chi connectivity index (χ4v) is 3.70. The van der Waals surface area contributed by atoms with Crippen LogP contribution in [0.3, 0.4) is 0 Å². The summed E-state index contributed by atoms with van der Waals surface area (Å²) in [6, 6.07) is 0. The van der Waals surface area contributed by atoms with Crippen LogP contribution in [0.25, 0.3) is 0 Å². The first-order valence-corrected chi connectivity index (χ1v) is 8.94. The molecule has 0 N–H and O–H groups in total. The third-order valence-corrected chi connectivity index (χ3v) is 5.29. The number of carbonyl (C=O) groups is 2. The van der Waals surface area contributed by atoms with Crippen molar-refractivity contribution >= 4 is 35.0 Å². The van der Waals surface area contributed by atoms with Gasteiger partial charge in [-0.3, -0.25) is 9.69 Å². The monoisotopic (exact) mass is 340 g/mol. The Bertz CT molecular complexity index is 602. The van der Waals surface area contributed by atoms with Crippen molar-refractivity contribution in [3.05, 3.63) is 27.2 Å². The molecule has 7 heteroatoms. The van der Waals surface area contributed by atoms with E-state index >= 15 is 0 Å². The standard InChI is InChI=1S/C15H20N2O3S2/c1-5-20-13(19)6-12-17(11(18)9-21-12)7-10-8-22-14(16-10)15(2,3)4/h6,8H,5,7,9H2,1-4H3/b12-6+. The van der Waals surface area contributed by atoms with E-state index in [1.165, 1.54) is 17.8 Å². The summed E-state index contributed by atoms with van der Waals surface area (Å²) < 4.78 is 4.91. The summed E-state index contributed by atoms with van der Waals surface area (Å²) in [5.74, 6) is -0.0779. The molecule has 1 amide bonds. The summed E-state index contributed by atoms with van der Waals surface area (Å²) in [4.78, 5) is 29.8. The molecular formula is C15H20N2O3S2. The van der Waals surface area contributed by atoms with Gasteiger partial charge in [-0.15, -0.1) is 11.3 Å². The lowest BCUT2D eigenvalue weighted by atomic mass is 9.98. The largest absolute Gasteiger partial charge is 0.463 e. The summed E-state index contributed by atoms with van der Waals surface area (Å²) in [6.45, 7) is 8.80. The van der Waals surface area contributed by atoms with Gasteiger partial charge in [-0.05, 0) is 6.92 Å². The smallest absolute Gasteiger partial charge is 0.333 e. The van der Waals surface area contributed by atoms with Crippen molar-refractivity contribution in [2.75, 3.05) is 12.4 Å². The number of aromatic nitrogens is 1. The summed E-state index contributed by atoms with van der Waals surface area (Å²) in [5, 5.41) is 3.64. The van der Waals surface area contributed by atoms with Gasteiger partial charge in [-0.1, -0.05) is 32.5 Å². The maximum Gasteiger partial charge on any atom is 0.333 e. The van der Waals surface area contributed by atoms with Crippen LogP contribution in [0.2, 0.25) is 0 Å². The minimum atomic E-state index is -0.418. The second-order valence-corrected chi connectivity index (χ2v) is 7.75. The SMILES string of the molecule is CCOC(=O)/C=C1/SCC(=O)N1Cc1csc(C(C)(C)C)n1. The van der Waals surface area contributed by atoms with Crippen molar-refractivity contribution < 1.29 is 14.3 Å². The zero-order valence-electron chi connectivity index (χ0n) is 13.2. The average molecular weight is 340 g/mol. The van der Waals surface area contributed by atoms with Crippen LogP contribution in [0, 0.1) is 0 Å². The van der Waals surface area contributed by atoms with Gasteiger partial charge in [-0.2, -0.15) is 0 Å². The molecule has 1 aromatic heterocycles. The molecule has 1 aromatic rings. The van der Waals surface area contributed by atoms with E-state index in [0.717, 1.165) is 10.7 Å². The molecule has 22 heavy (non-hydrogen) atoms. The molecule has 0 unspecified atom stereocenters. The van der Waals surface area contributed by atoms with Gasteiger partial charge in [0.05, 0.1) is 40.7 Å². The van der Waals surface area contributed by atoms with Gasteiger partial charge in [0.25, 0.3) is 0 Å². The summed E-state index contributed by atoms with van der Waals surface area (Å²) in [5.41, 5.74) is 0.844. The quantitative estimate of drug-likeness (QED) is 0.623. The highest BCUT2D eigenvalue weighted by atomic mass is 32.2. The predicted octanol–water partition coefficient (Wildman–Crippen LogP) is 2.92. The topological polar surface area (TPSA) is 59.5 Å². The lowest BCUT2D eigenvalue weighted by molar-refractivity contribution is -0.137. The fourth-order valence-electron chi connectivity index (χ4n) is 1.87. The van der Waals surface area contributed by atoms with Crippen LogP contribution < -0.4 is 0 Å². The maximum absolute atomic E-state index is 12.0. The molecule has 1 aliphatic rings. The number of ether oxygens (including phenoxy) is 1. The molecule has 0 bridgehead atoms. The normalized spacial score (nSPS) is 17.4. The highest BCUT2D eigenvalue weighted by molar-refractivity contribution is 8.04. The van der Waals surface area contributed by atoms with Gasteiger partial charge in [0.2, 0.25) is 5.91 Å². The van der Waals surface area contributed by atoms with Crippen molar-refractivity contribution in [3.63, 3.8) is 0 Å². The highest BCUT2D eigenvalue weighted by Crippen LogP contribution is 2.32. The number of hydrogen-bond acceptors (Lipinski definition) is 6. The van der Waals surface area contributed by atoms with E-state index in [2.05, 4.69) is 25.8 Å². The lowest BCUT2D eigenvalue weighted by Gasteiger charge is -2.16. The van der Waals surface area contributed by atoms with Crippen LogP contribution >= 0.6 is 23.1 Å². The molecule has 5 nitrogen and oxygen atoms in total. The maximum atomic E-state index is 12.0. The van der Waals surface area contributed by atoms with Crippen LogP contribution in [-0.2, 0) is 26.3 Å². The molecule has 120 valence electrons.